The lowest BCUT2D eigenvalue weighted by Gasteiger charge is -2.32. The Balaban J connectivity index is 1.46. The third-order valence-electron chi connectivity index (χ3n) is 3.99. The number of halogens is 1. The zero-order valence-corrected chi connectivity index (χ0v) is 14.6. The van der Waals surface area contributed by atoms with Crippen LogP contribution in [0.2, 0.25) is 0 Å². The first-order valence-electron chi connectivity index (χ1n) is 7.76. The molecule has 2 N–H and O–H groups in total. The van der Waals surface area contributed by atoms with E-state index < -0.39 is 0 Å². The minimum atomic E-state index is -0.225. The number of furan rings is 1. The number of hydrogen-bond donors (Lipinski definition) is 2. The highest BCUT2D eigenvalue weighted by molar-refractivity contribution is 9.10. The summed E-state index contributed by atoms with van der Waals surface area (Å²) >= 11 is 3.36. The molecule has 1 aliphatic rings. The Morgan fingerprint density at radius 2 is 1.83 bits per heavy atom. The van der Waals surface area contributed by atoms with Crippen LogP contribution in [0, 0.1) is 0 Å². The average Bonchev–Trinajstić information content (AvgIpc) is 3.11. The molecule has 1 aliphatic heterocycles. The van der Waals surface area contributed by atoms with Gasteiger partial charge in [0, 0.05) is 29.3 Å². The van der Waals surface area contributed by atoms with Gasteiger partial charge in [0.25, 0.3) is 5.91 Å². The molecule has 0 atom stereocenters. The molecule has 7 heteroatoms. The lowest BCUT2D eigenvalue weighted by Crippen LogP contribution is -2.47. The molecule has 0 saturated carbocycles. The highest BCUT2D eigenvalue weighted by Gasteiger charge is 2.25. The van der Waals surface area contributed by atoms with Gasteiger partial charge in [0.2, 0.25) is 0 Å². The van der Waals surface area contributed by atoms with Gasteiger partial charge in [0.15, 0.2) is 0 Å². The highest BCUT2D eigenvalue weighted by atomic mass is 79.9. The molecule has 2 aromatic rings. The number of piperidine rings is 1. The van der Waals surface area contributed by atoms with E-state index in [-0.39, 0.29) is 18.0 Å². The minimum absolute atomic E-state index is 0.0264. The molecule has 0 unspecified atom stereocenters. The summed E-state index contributed by atoms with van der Waals surface area (Å²) in [7, 11) is 0. The van der Waals surface area contributed by atoms with E-state index in [1.165, 1.54) is 12.5 Å². The molecule has 0 bridgehead atoms. The first kappa shape index (κ1) is 16.6. The van der Waals surface area contributed by atoms with E-state index in [1.54, 1.807) is 11.0 Å². The summed E-state index contributed by atoms with van der Waals surface area (Å²) < 4.78 is 5.91. The van der Waals surface area contributed by atoms with Crippen LogP contribution in [0.15, 0.2) is 51.7 Å². The molecule has 3 rings (SSSR count). The summed E-state index contributed by atoms with van der Waals surface area (Å²) in [5, 5.41) is 5.77. The van der Waals surface area contributed by atoms with E-state index in [0.717, 1.165) is 23.0 Å². The monoisotopic (exact) mass is 391 g/mol. The van der Waals surface area contributed by atoms with Crippen molar-refractivity contribution in [3.8, 4) is 0 Å². The van der Waals surface area contributed by atoms with Gasteiger partial charge in [-0.15, -0.1) is 0 Å². The Labute approximate surface area is 148 Å². The Morgan fingerprint density at radius 1 is 1.12 bits per heavy atom. The molecule has 1 aromatic heterocycles. The second-order valence-corrected chi connectivity index (χ2v) is 6.60. The predicted octanol–water partition coefficient (Wildman–Crippen LogP) is 3.47. The lowest BCUT2D eigenvalue weighted by atomic mass is 10.0. The first-order chi connectivity index (χ1) is 11.6. The molecule has 0 aliphatic carbocycles. The number of likely N-dealkylation sites (tertiary alicyclic amines) is 1. The molecule has 0 spiro atoms. The standard InChI is InChI=1S/C17H18BrN3O3/c18-13-1-3-14(4-2-13)19-17(23)20-15-5-8-21(9-6-15)16(22)12-7-10-24-11-12/h1-4,7,10-11,15H,5-6,8-9H2,(H2,19,20,23). The maximum absolute atomic E-state index is 12.2. The van der Waals surface area contributed by atoms with Crippen LogP contribution in [0.4, 0.5) is 10.5 Å². The Hall–Kier alpha value is -2.28. The summed E-state index contributed by atoms with van der Waals surface area (Å²) in [6, 6.07) is 8.90. The molecule has 0 radical (unpaired) electrons. The van der Waals surface area contributed by atoms with Crippen molar-refractivity contribution in [2.75, 3.05) is 18.4 Å². The lowest BCUT2D eigenvalue weighted by molar-refractivity contribution is 0.0708. The van der Waals surface area contributed by atoms with Crippen molar-refractivity contribution in [1.29, 1.82) is 0 Å². The van der Waals surface area contributed by atoms with Crippen molar-refractivity contribution in [2.45, 2.75) is 18.9 Å². The molecule has 1 fully saturated rings. The van der Waals surface area contributed by atoms with E-state index in [4.69, 9.17) is 4.42 Å². The summed E-state index contributed by atoms with van der Waals surface area (Å²) in [4.78, 5) is 26.0. The topological polar surface area (TPSA) is 74.6 Å². The van der Waals surface area contributed by atoms with Crippen LogP contribution in [0.3, 0.4) is 0 Å². The maximum Gasteiger partial charge on any atom is 0.319 e. The van der Waals surface area contributed by atoms with Gasteiger partial charge in [-0.3, -0.25) is 4.79 Å². The quantitative estimate of drug-likeness (QED) is 0.840. The van der Waals surface area contributed by atoms with Crippen molar-refractivity contribution in [1.82, 2.24) is 10.2 Å². The Kier molecular flexibility index (Phi) is 5.20. The highest BCUT2D eigenvalue weighted by Crippen LogP contribution is 2.16. The third-order valence-corrected chi connectivity index (χ3v) is 4.52. The van der Waals surface area contributed by atoms with Gasteiger partial charge < -0.3 is 20.0 Å². The summed E-state index contributed by atoms with van der Waals surface area (Å²) in [5.74, 6) is -0.0264. The van der Waals surface area contributed by atoms with Gasteiger partial charge in [-0.1, -0.05) is 15.9 Å². The van der Waals surface area contributed by atoms with Gasteiger partial charge in [-0.05, 0) is 43.2 Å². The molecule has 2 heterocycles. The van der Waals surface area contributed by atoms with Crippen molar-refractivity contribution < 1.29 is 14.0 Å². The normalized spacial score (nSPS) is 15.1. The van der Waals surface area contributed by atoms with Crippen LogP contribution in [-0.2, 0) is 0 Å². The van der Waals surface area contributed by atoms with Crippen LogP contribution >= 0.6 is 15.9 Å². The Bertz CT molecular complexity index is 692. The molecule has 126 valence electrons. The van der Waals surface area contributed by atoms with Crippen LogP contribution in [0.5, 0.6) is 0 Å². The van der Waals surface area contributed by atoms with Gasteiger partial charge >= 0.3 is 6.03 Å². The zero-order valence-electron chi connectivity index (χ0n) is 13.0. The SMILES string of the molecule is O=C(Nc1ccc(Br)cc1)NC1CCN(C(=O)c2ccoc2)CC1. The van der Waals surface area contributed by atoms with E-state index in [9.17, 15) is 9.59 Å². The van der Waals surface area contributed by atoms with Crippen LogP contribution in [0.1, 0.15) is 23.2 Å². The molecule has 1 saturated heterocycles. The number of hydrogen-bond acceptors (Lipinski definition) is 3. The minimum Gasteiger partial charge on any atom is -0.472 e. The van der Waals surface area contributed by atoms with Gasteiger partial charge in [0.1, 0.15) is 6.26 Å². The summed E-state index contributed by atoms with van der Waals surface area (Å²) in [6.07, 6.45) is 4.42. The fourth-order valence-corrected chi connectivity index (χ4v) is 2.95. The molecule has 6 nitrogen and oxygen atoms in total. The predicted molar refractivity (Wildman–Crippen MR) is 93.9 cm³/mol. The number of urea groups is 1. The number of nitrogens with zero attached hydrogens (tertiary/aromatic N) is 1. The Morgan fingerprint density at radius 3 is 2.46 bits per heavy atom. The van der Waals surface area contributed by atoms with Crippen LogP contribution < -0.4 is 10.6 Å². The second kappa shape index (κ2) is 7.53. The number of carbonyl (C=O) groups is 2. The van der Waals surface area contributed by atoms with Crippen molar-refractivity contribution in [3.63, 3.8) is 0 Å². The van der Waals surface area contributed by atoms with E-state index in [1.807, 2.05) is 24.3 Å². The molecule has 24 heavy (non-hydrogen) atoms. The number of anilines is 1. The second-order valence-electron chi connectivity index (χ2n) is 5.68. The number of benzene rings is 1. The zero-order chi connectivity index (χ0) is 16.9. The number of amides is 3. The summed E-state index contributed by atoms with van der Waals surface area (Å²) in [6.45, 7) is 1.24. The smallest absolute Gasteiger partial charge is 0.319 e. The first-order valence-corrected chi connectivity index (χ1v) is 8.55. The van der Waals surface area contributed by atoms with Crippen molar-refractivity contribution >= 4 is 33.6 Å². The van der Waals surface area contributed by atoms with E-state index in [0.29, 0.717) is 18.7 Å². The van der Waals surface area contributed by atoms with Crippen LogP contribution in [-0.4, -0.2) is 36.0 Å². The molecular weight excluding hydrogens is 374 g/mol. The molecule has 1 aromatic carbocycles. The van der Waals surface area contributed by atoms with Crippen LogP contribution in [0.25, 0.3) is 0 Å². The fraction of sp³-hybridized carbons (Fsp3) is 0.294. The van der Waals surface area contributed by atoms with Gasteiger partial charge in [0.05, 0.1) is 11.8 Å². The number of rotatable bonds is 3. The van der Waals surface area contributed by atoms with Gasteiger partial charge in [-0.25, -0.2) is 4.79 Å². The van der Waals surface area contributed by atoms with Crippen molar-refractivity contribution in [2.24, 2.45) is 0 Å². The fourth-order valence-electron chi connectivity index (χ4n) is 2.68. The largest absolute Gasteiger partial charge is 0.472 e. The number of nitrogens with one attached hydrogen (secondary N) is 2. The summed E-state index contributed by atoms with van der Waals surface area (Å²) in [5.41, 5.74) is 1.30. The van der Waals surface area contributed by atoms with Gasteiger partial charge in [-0.2, -0.15) is 0 Å². The number of carbonyl (C=O) groups excluding carboxylic acids is 2. The van der Waals surface area contributed by atoms with E-state index >= 15 is 0 Å². The third kappa shape index (κ3) is 4.17. The maximum atomic E-state index is 12.2. The van der Waals surface area contributed by atoms with E-state index in [2.05, 4.69) is 26.6 Å². The molecule has 3 amide bonds. The van der Waals surface area contributed by atoms with Crippen molar-refractivity contribution in [3.05, 3.63) is 52.9 Å². The average molecular weight is 392 g/mol. The molecular formula is C17H18BrN3O3.